The van der Waals surface area contributed by atoms with E-state index in [4.69, 9.17) is 4.74 Å². The molecule has 0 radical (unpaired) electrons. The number of aliphatic carboxylic acids is 1. The van der Waals surface area contributed by atoms with Gasteiger partial charge in [-0.05, 0) is 57.7 Å². The first kappa shape index (κ1) is 24.9. The van der Waals surface area contributed by atoms with Gasteiger partial charge in [0, 0.05) is 37.0 Å². The molecule has 3 rings (SSSR count). The van der Waals surface area contributed by atoms with Gasteiger partial charge in [-0.3, -0.25) is 19.9 Å². The van der Waals surface area contributed by atoms with E-state index in [-0.39, 0.29) is 11.8 Å². The minimum Gasteiger partial charge on any atom is -0.481 e. The van der Waals surface area contributed by atoms with Gasteiger partial charge in [0.2, 0.25) is 5.91 Å². The number of carbonyl (C=O) groups excluding carboxylic acids is 2. The Balaban J connectivity index is 1.63. The first-order valence-electron chi connectivity index (χ1n) is 11.0. The highest BCUT2D eigenvalue weighted by Gasteiger charge is 2.37. The van der Waals surface area contributed by atoms with Crippen LogP contribution in [-0.4, -0.2) is 58.7 Å². The smallest absolute Gasteiger partial charge is 0.412 e. The van der Waals surface area contributed by atoms with Crippen molar-refractivity contribution < 1.29 is 24.2 Å². The standard InChI is InChI=1S/C25H30N4O5/c1-25(2,3)34-24(33)28-21-8-6-5-7-20(21)27-22(30)12-10-16-9-11-19(26-13-16)17-14-29(4)15-18(17)23(31)32/h5-13,17-18H,14-15H2,1-4H3,(H,27,30)(H,28,33)(H,31,32)/b12-10+. The van der Waals surface area contributed by atoms with Gasteiger partial charge in [-0.15, -0.1) is 0 Å². The number of carboxylic acid groups (broad SMARTS) is 1. The molecule has 2 unspecified atom stereocenters. The summed E-state index contributed by atoms with van der Waals surface area (Å²) >= 11 is 0. The van der Waals surface area contributed by atoms with E-state index in [9.17, 15) is 19.5 Å². The Kier molecular flexibility index (Phi) is 7.68. The molecule has 0 spiro atoms. The van der Waals surface area contributed by atoms with Crippen molar-refractivity contribution in [3.8, 4) is 0 Å². The van der Waals surface area contributed by atoms with Crippen molar-refractivity contribution in [2.24, 2.45) is 5.92 Å². The lowest BCUT2D eigenvalue weighted by Crippen LogP contribution is -2.27. The summed E-state index contributed by atoms with van der Waals surface area (Å²) < 4.78 is 5.26. The summed E-state index contributed by atoms with van der Waals surface area (Å²) in [5.74, 6) is -1.86. The number of hydrogen-bond donors (Lipinski definition) is 3. The molecule has 1 fully saturated rings. The fourth-order valence-electron chi connectivity index (χ4n) is 3.75. The van der Waals surface area contributed by atoms with Gasteiger partial charge in [-0.2, -0.15) is 0 Å². The highest BCUT2D eigenvalue weighted by Crippen LogP contribution is 2.31. The lowest BCUT2D eigenvalue weighted by atomic mass is 9.92. The zero-order chi connectivity index (χ0) is 24.9. The fourth-order valence-corrected chi connectivity index (χ4v) is 3.75. The number of carboxylic acids is 1. The predicted molar refractivity (Wildman–Crippen MR) is 130 cm³/mol. The van der Waals surface area contributed by atoms with E-state index in [1.54, 1.807) is 69.4 Å². The molecular weight excluding hydrogens is 436 g/mol. The number of aromatic nitrogens is 1. The van der Waals surface area contributed by atoms with Gasteiger partial charge in [-0.1, -0.05) is 18.2 Å². The number of rotatable bonds is 6. The SMILES string of the molecule is CN1CC(C(=O)O)C(c2ccc(/C=C/C(=O)Nc3ccccc3NC(=O)OC(C)(C)C)cn2)C1. The minimum absolute atomic E-state index is 0.169. The number of pyridine rings is 1. The molecule has 2 heterocycles. The third-order valence-corrected chi connectivity index (χ3v) is 5.26. The zero-order valence-electron chi connectivity index (χ0n) is 19.7. The zero-order valence-corrected chi connectivity index (χ0v) is 19.7. The van der Waals surface area contributed by atoms with Gasteiger partial charge in [-0.25, -0.2) is 4.79 Å². The fraction of sp³-hybridized carbons (Fsp3) is 0.360. The highest BCUT2D eigenvalue weighted by molar-refractivity contribution is 6.04. The summed E-state index contributed by atoms with van der Waals surface area (Å²) in [7, 11) is 1.90. The Labute approximate surface area is 198 Å². The molecule has 9 nitrogen and oxygen atoms in total. The largest absolute Gasteiger partial charge is 0.481 e. The first-order valence-corrected chi connectivity index (χ1v) is 11.0. The van der Waals surface area contributed by atoms with Gasteiger partial charge in [0.05, 0.1) is 17.3 Å². The Bertz CT molecular complexity index is 1080. The molecule has 0 bridgehead atoms. The maximum atomic E-state index is 12.4. The van der Waals surface area contributed by atoms with Gasteiger partial charge < -0.3 is 20.1 Å². The van der Waals surface area contributed by atoms with Crippen LogP contribution in [0.25, 0.3) is 6.08 Å². The number of likely N-dealkylation sites (tertiary alicyclic amines) is 1. The average molecular weight is 467 g/mol. The molecule has 0 saturated carbocycles. The van der Waals surface area contributed by atoms with Crippen LogP contribution in [0.1, 0.15) is 37.9 Å². The molecule has 1 aliphatic rings. The maximum Gasteiger partial charge on any atom is 0.412 e. The quantitative estimate of drug-likeness (QED) is 0.554. The highest BCUT2D eigenvalue weighted by atomic mass is 16.6. The molecule has 2 aromatic rings. The predicted octanol–water partition coefficient (Wildman–Crippen LogP) is 3.81. The second-order valence-corrected chi connectivity index (χ2v) is 9.28. The average Bonchev–Trinajstić information content (AvgIpc) is 3.15. The summed E-state index contributed by atoms with van der Waals surface area (Å²) in [5, 5.41) is 14.8. The number of likely N-dealkylation sites (N-methyl/N-ethyl adjacent to an activating group) is 1. The Morgan fingerprint density at radius 2 is 1.76 bits per heavy atom. The lowest BCUT2D eigenvalue weighted by molar-refractivity contribution is -0.141. The molecule has 0 aliphatic carbocycles. The van der Waals surface area contributed by atoms with Gasteiger partial charge in [0.25, 0.3) is 0 Å². The van der Waals surface area contributed by atoms with Crippen molar-refractivity contribution >= 4 is 35.4 Å². The lowest BCUT2D eigenvalue weighted by Gasteiger charge is -2.20. The van der Waals surface area contributed by atoms with Crippen molar-refractivity contribution in [1.82, 2.24) is 9.88 Å². The number of para-hydroxylation sites is 2. The molecule has 1 saturated heterocycles. The van der Waals surface area contributed by atoms with Crippen LogP contribution < -0.4 is 10.6 Å². The van der Waals surface area contributed by atoms with Crippen LogP contribution >= 0.6 is 0 Å². The molecule has 1 aromatic heterocycles. The van der Waals surface area contributed by atoms with Crippen molar-refractivity contribution in [2.45, 2.75) is 32.3 Å². The van der Waals surface area contributed by atoms with Gasteiger partial charge in [0.15, 0.2) is 0 Å². The number of hydrogen-bond acceptors (Lipinski definition) is 6. The number of nitrogens with one attached hydrogen (secondary N) is 2. The molecule has 9 heteroatoms. The third-order valence-electron chi connectivity index (χ3n) is 5.26. The molecule has 1 aliphatic heterocycles. The van der Waals surface area contributed by atoms with E-state index in [0.717, 1.165) is 5.69 Å². The Hall–Kier alpha value is -3.72. The van der Waals surface area contributed by atoms with E-state index in [1.165, 1.54) is 6.08 Å². The van der Waals surface area contributed by atoms with E-state index in [1.807, 2.05) is 11.9 Å². The Morgan fingerprint density at radius 3 is 2.35 bits per heavy atom. The van der Waals surface area contributed by atoms with E-state index < -0.39 is 23.6 Å². The second kappa shape index (κ2) is 10.5. The van der Waals surface area contributed by atoms with Gasteiger partial charge in [0.1, 0.15) is 5.60 Å². The number of benzene rings is 1. The van der Waals surface area contributed by atoms with Crippen LogP contribution in [0.3, 0.4) is 0 Å². The topological polar surface area (TPSA) is 121 Å². The van der Waals surface area contributed by atoms with Crippen LogP contribution in [-0.2, 0) is 14.3 Å². The van der Waals surface area contributed by atoms with Crippen molar-refractivity contribution in [1.29, 1.82) is 0 Å². The summed E-state index contributed by atoms with van der Waals surface area (Å²) in [4.78, 5) is 42.5. The summed E-state index contributed by atoms with van der Waals surface area (Å²) in [5.41, 5.74) is 1.63. The van der Waals surface area contributed by atoms with Crippen LogP contribution in [0.15, 0.2) is 48.7 Å². The number of amides is 2. The van der Waals surface area contributed by atoms with Crippen LogP contribution in [0, 0.1) is 5.92 Å². The van der Waals surface area contributed by atoms with E-state index in [0.29, 0.717) is 30.0 Å². The van der Waals surface area contributed by atoms with E-state index in [2.05, 4.69) is 15.6 Å². The van der Waals surface area contributed by atoms with Crippen LogP contribution in [0.4, 0.5) is 16.2 Å². The first-order chi connectivity index (χ1) is 16.0. The molecule has 2 amide bonds. The molecule has 2 atom stereocenters. The minimum atomic E-state index is -0.821. The number of carbonyl (C=O) groups is 3. The Morgan fingerprint density at radius 1 is 1.09 bits per heavy atom. The van der Waals surface area contributed by atoms with E-state index >= 15 is 0 Å². The summed E-state index contributed by atoms with van der Waals surface area (Å²) in [6, 6.07) is 10.4. The number of nitrogens with zero attached hydrogens (tertiary/aromatic N) is 2. The summed E-state index contributed by atoms with van der Waals surface area (Å²) in [6.07, 6.45) is 3.99. The maximum absolute atomic E-state index is 12.4. The molecule has 3 N–H and O–H groups in total. The van der Waals surface area contributed by atoms with Crippen molar-refractivity contribution in [3.63, 3.8) is 0 Å². The number of ether oxygens (including phenoxy) is 1. The summed E-state index contributed by atoms with van der Waals surface area (Å²) in [6.45, 7) is 6.43. The van der Waals surface area contributed by atoms with Gasteiger partial charge >= 0.3 is 12.1 Å². The molecular formula is C25H30N4O5. The normalized spacial score (nSPS) is 18.6. The van der Waals surface area contributed by atoms with Crippen molar-refractivity contribution in [3.05, 3.63) is 59.9 Å². The van der Waals surface area contributed by atoms with Crippen LogP contribution in [0.5, 0.6) is 0 Å². The monoisotopic (exact) mass is 466 g/mol. The molecule has 180 valence electrons. The molecule has 34 heavy (non-hydrogen) atoms. The third kappa shape index (κ3) is 6.89. The van der Waals surface area contributed by atoms with Crippen LogP contribution in [0.2, 0.25) is 0 Å². The second-order valence-electron chi connectivity index (χ2n) is 9.28. The van der Waals surface area contributed by atoms with Crippen molar-refractivity contribution in [2.75, 3.05) is 30.8 Å². The number of anilines is 2. The molecule has 1 aromatic carbocycles.